The summed E-state index contributed by atoms with van der Waals surface area (Å²) in [6.07, 6.45) is 2.51. The molecule has 0 amide bonds. The Bertz CT molecular complexity index is 588. The fraction of sp³-hybridized carbons (Fsp3) is 0.333. The molecule has 1 aliphatic rings. The molecule has 0 spiro atoms. The molecule has 2 N–H and O–H groups in total. The molecule has 0 saturated carbocycles. The summed E-state index contributed by atoms with van der Waals surface area (Å²) in [5.74, 6) is 0. The number of hydrogen-bond donors (Lipinski definition) is 2. The number of nitrogens with zero attached hydrogens (tertiary/aromatic N) is 2. The number of aliphatic hydroxyl groups excluding tert-OH is 1. The standard InChI is InChI=1S/C15H17N3OS2/c19-9-4-8-18-14(12-6-3-10-21-12)13(17-15(18)20)11-5-1-2-7-16-11/h1-3,5-7,10,13-14,19H,4,8-9H2,(H,17,20)/t13-,14+/m1/s1. The summed E-state index contributed by atoms with van der Waals surface area (Å²) in [4.78, 5) is 7.90. The van der Waals surface area contributed by atoms with Gasteiger partial charge in [-0.1, -0.05) is 12.1 Å². The molecule has 0 radical (unpaired) electrons. The Hall–Kier alpha value is -1.50. The van der Waals surface area contributed by atoms with Gasteiger partial charge in [-0.15, -0.1) is 11.3 Å². The molecule has 2 aromatic rings. The average Bonchev–Trinajstić information content (AvgIpc) is 3.13. The smallest absolute Gasteiger partial charge is 0.170 e. The second-order valence-electron chi connectivity index (χ2n) is 4.91. The van der Waals surface area contributed by atoms with Crippen molar-refractivity contribution in [3.63, 3.8) is 0 Å². The van der Waals surface area contributed by atoms with Crippen molar-refractivity contribution in [3.05, 3.63) is 52.5 Å². The van der Waals surface area contributed by atoms with Gasteiger partial charge in [0.2, 0.25) is 0 Å². The zero-order valence-electron chi connectivity index (χ0n) is 11.5. The quantitative estimate of drug-likeness (QED) is 0.829. The van der Waals surface area contributed by atoms with E-state index in [4.69, 9.17) is 17.3 Å². The van der Waals surface area contributed by atoms with Crippen LogP contribution in [0.3, 0.4) is 0 Å². The van der Waals surface area contributed by atoms with Crippen molar-refractivity contribution in [1.82, 2.24) is 15.2 Å². The normalized spacial score (nSPS) is 21.6. The van der Waals surface area contributed by atoms with Gasteiger partial charge >= 0.3 is 0 Å². The first-order chi connectivity index (χ1) is 10.3. The molecule has 3 rings (SSSR count). The van der Waals surface area contributed by atoms with Crippen molar-refractivity contribution in [1.29, 1.82) is 0 Å². The van der Waals surface area contributed by atoms with E-state index in [1.165, 1.54) is 4.88 Å². The molecule has 0 aliphatic carbocycles. The maximum atomic E-state index is 9.11. The van der Waals surface area contributed by atoms with Crippen LogP contribution in [0.1, 0.15) is 29.1 Å². The van der Waals surface area contributed by atoms with Crippen LogP contribution in [-0.4, -0.2) is 33.3 Å². The van der Waals surface area contributed by atoms with E-state index in [-0.39, 0.29) is 18.7 Å². The maximum absolute atomic E-state index is 9.11. The van der Waals surface area contributed by atoms with Gasteiger partial charge in [-0.05, 0) is 42.2 Å². The van der Waals surface area contributed by atoms with Crippen LogP contribution in [0.25, 0.3) is 0 Å². The summed E-state index contributed by atoms with van der Waals surface area (Å²) < 4.78 is 0. The van der Waals surface area contributed by atoms with Crippen molar-refractivity contribution in [2.75, 3.05) is 13.2 Å². The minimum absolute atomic E-state index is 0.0519. The van der Waals surface area contributed by atoms with Gasteiger partial charge in [0.05, 0.1) is 17.8 Å². The van der Waals surface area contributed by atoms with Crippen LogP contribution in [0.15, 0.2) is 41.9 Å². The fourth-order valence-corrected chi connectivity index (χ4v) is 3.86. The number of aromatic nitrogens is 1. The zero-order chi connectivity index (χ0) is 14.7. The Morgan fingerprint density at radius 3 is 2.90 bits per heavy atom. The Kier molecular flexibility index (Phi) is 4.48. The van der Waals surface area contributed by atoms with E-state index in [0.717, 1.165) is 17.4 Å². The summed E-state index contributed by atoms with van der Waals surface area (Å²) in [7, 11) is 0. The highest BCUT2D eigenvalue weighted by atomic mass is 32.1. The predicted octanol–water partition coefficient (Wildman–Crippen LogP) is 2.50. The van der Waals surface area contributed by atoms with Crippen LogP contribution in [-0.2, 0) is 0 Å². The number of thiophene rings is 1. The molecule has 4 nitrogen and oxygen atoms in total. The summed E-state index contributed by atoms with van der Waals surface area (Å²) in [5, 5.41) is 15.3. The lowest BCUT2D eigenvalue weighted by Crippen LogP contribution is -2.30. The van der Waals surface area contributed by atoms with Crippen molar-refractivity contribution >= 4 is 28.7 Å². The molecule has 0 unspecified atom stereocenters. The Labute approximate surface area is 133 Å². The highest BCUT2D eigenvalue weighted by molar-refractivity contribution is 7.80. The van der Waals surface area contributed by atoms with Gasteiger partial charge in [-0.2, -0.15) is 0 Å². The van der Waals surface area contributed by atoms with E-state index in [0.29, 0.717) is 6.42 Å². The average molecular weight is 319 g/mol. The van der Waals surface area contributed by atoms with E-state index >= 15 is 0 Å². The molecule has 0 aromatic carbocycles. The van der Waals surface area contributed by atoms with Gasteiger partial charge < -0.3 is 15.3 Å². The molecule has 2 atom stereocenters. The zero-order valence-corrected chi connectivity index (χ0v) is 13.1. The van der Waals surface area contributed by atoms with Gasteiger partial charge in [0.1, 0.15) is 0 Å². The van der Waals surface area contributed by atoms with E-state index in [1.807, 2.05) is 24.4 Å². The van der Waals surface area contributed by atoms with Crippen LogP contribution >= 0.6 is 23.6 Å². The molecule has 1 aliphatic heterocycles. The van der Waals surface area contributed by atoms with Gasteiger partial charge in [-0.3, -0.25) is 4.98 Å². The third kappa shape index (κ3) is 2.92. The van der Waals surface area contributed by atoms with Crippen molar-refractivity contribution in [2.24, 2.45) is 0 Å². The summed E-state index contributed by atoms with van der Waals surface area (Å²) in [5.41, 5.74) is 0.991. The first-order valence-corrected chi connectivity index (χ1v) is 8.22. The third-order valence-corrected chi connectivity index (χ3v) is 4.88. The minimum atomic E-state index is 0.0519. The van der Waals surface area contributed by atoms with Crippen LogP contribution < -0.4 is 5.32 Å². The lowest BCUT2D eigenvalue weighted by molar-refractivity contribution is 0.249. The number of thiocarbonyl (C=S) groups is 1. The Morgan fingerprint density at radius 2 is 2.24 bits per heavy atom. The number of aliphatic hydroxyl groups is 1. The van der Waals surface area contributed by atoms with Crippen molar-refractivity contribution in [2.45, 2.75) is 18.5 Å². The topological polar surface area (TPSA) is 48.4 Å². The molecule has 1 fully saturated rings. The minimum Gasteiger partial charge on any atom is -0.396 e. The maximum Gasteiger partial charge on any atom is 0.170 e. The third-order valence-electron chi connectivity index (χ3n) is 3.59. The van der Waals surface area contributed by atoms with Crippen LogP contribution in [0.4, 0.5) is 0 Å². The van der Waals surface area contributed by atoms with Gasteiger partial charge in [-0.25, -0.2) is 0 Å². The Morgan fingerprint density at radius 1 is 1.33 bits per heavy atom. The summed E-state index contributed by atoms with van der Waals surface area (Å²) in [6, 6.07) is 10.3. The largest absolute Gasteiger partial charge is 0.396 e. The van der Waals surface area contributed by atoms with Crippen LogP contribution in [0.2, 0.25) is 0 Å². The number of nitrogens with one attached hydrogen (secondary N) is 1. The van der Waals surface area contributed by atoms with E-state index < -0.39 is 0 Å². The number of rotatable bonds is 5. The van der Waals surface area contributed by atoms with E-state index in [2.05, 4.69) is 32.7 Å². The molecular formula is C15H17N3OS2. The SMILES string of the molecule is OCCCN1C(=S)N[C@H](c2ccccn2)[C@@H]1c1cccs1. The van der Waals surface area contributed by atoms with Gasteiger partial charge in [0.15, 0.2) is 5.11 Å². The molecule has 110 valence electrons. The van der Waals surface area contributed by atoms with Gasteiger partial charge in [0.25, 0.3) is 0 Å². The van der Waals surface area contributed by atoms with E-state index in [9.17, 15) is 0 Å². The second kappa shape index (κ2) is 6.51. The molecule has 3 heterocycles. The predicted molar refractivity (Wildman–Crippen MR) is 88.2 cm³/mol. The number of pyridine rings is 1. The fourth-order valence-electron chi connectivity index (χ4n) is 2.66. The molecule has 2 aromatic heterocycles. The first kappa shape index (κ1) is 14.4. The first-order valence-electron chi connectivity index (χ1n) is 6.93. The lowest BCUT2D eigenvalue weighted by Gasteiger charge is -2.26. The molecule has 6 heteroatoms. The van der Waals surface area contributed by atoms with Crippen LogP contribution in [0.5, 0.6) is 0 Å². The van der Waals surface area contributed by atoms with Crippen molar-refractivity contribution < 1.29 is 5.11 Å². The monoisotopic (exact) mass is 319 g/mol. The number of hydrogen-bond acceptors (Lipinski definition) is 4. The highest BCUT2D eigenvalue weighted by Crippen LogP contribution is 2.40. The Balaban J connectivity index is 1.94. The molecule has 0 bridgehead atoms. The molecular weight excluding hydrogens is 302 g/mol. The van der Waals surface area contributed by atoms with Crippen molar-refractivity contribution in [3.8, 4) is 0 Å². The van der Waals surface area contributed by atoms with E-state index in [1.54, 1.807) is 11.3 Å². The molecule has 1 saturated heterocycles. The summed E-state index contributed by atoms with van der Waals surface area (Å²) >= 11 is 7.22. The van der Waals surface area contributed by atoms with Crippen LogP contribution in [0, 0.1) is 0 Å². The highest BCUT2D eigenvalue weighted by Gasteiger charge is 2.39. The molecule has 21 heavy (non-hydrogen) atoms. The van der Waals surface area contributed by atoms with Gasteiger partial charge in [0, 0.05) is 24.2 Å². The second-order valence-corrected chi connectivity index (χ2v) is 6.28. The summed E-state index contributed by atoms with van der Waals surface area (Å²) in [6.45, 7) is 0.915. The lowest BCUT2D eigenvalue weighted by atomic mass is 10.0.